The van der Waals surface area contributed by atoms with E-state index in [0.29, 0.717) is 12.2 Å². The van der Waals surface area contributed by atoms with Gasteiger partial charge in [-0.3, -0.25) is 0 Å². The first-order chi connectivity index (χ1) is 8.02. The zero-order chi connectivity index (χ0) is 13.0. The fourth-order valence-electron chi connectivity index (χ4n) is 1.94. The van der Waals surface area contributed by atoms with Crippen LogP contribution in [-0.2, 0) is 4.74 Å². The largest absolute Gasteiger partial charge is 0.377 e. The van der Waals surface area contributed by atoms with E-state index in [-0.39, 0.29) is 11.7 Å². The molecule has 1 rings (SSSR count). The summed E-state index contributed by atoms with van der Waals surface area (Å²) in [6.45, 7) is 5.78. The highest BCUT2D eigenvalue weighted by molar-refractivity contribution is 5.29. The van der Waals surface area contributed by atoms with Crippen molar-refractivity contribution in [2.75, 3.05) is 13.7 Å². The summed E-state index contributed by atoms with van der Waals surface area (Å²) in [5, 5.41) is 2.91. The van der Waals surface area contributed by atoms with E-state index in [2.05, 4.69) is 5.32 Å². The molecule has 1 N–H and O–H groups in total. The van der Waals surface area contributed by atoms with Crippen molar-refractivity contribution in [3.05, 3.63) is 34.9 Å². The summed E-state index contributed by atoms with van der Waals surface area (Å²) >= 11 is 0. The van der Waals surface area contributed by atoms with Gasteiger partial charge < -0.3 is 10.1 Å². The minimum absolute atomic E-state index is 0.0495. The second kappa shape index (κ2) is 6.07. The molecule has 2 atom stereocenters. The lowest BCUT2D eigenvalue weighted by Crippen LogP contribution is -2.31. The molecule has 0 saturated carbocycles. The van der Waals surface area contributed by atoms with Crippen LogP contribution in [0, 0.1) is 18.6 Å². The van der Waals surface area contributed by atoms with Gasteiger partial charge in [0.2, 0.25) is 0 Å². The van der Waals surface area contributed by atoms with Crippen molar-refractivity contribution >= 4 is 0 Å². The number of aryl methyl sites for hydroxylation is 1. The molecular formula is C13H19F2NO. The third kappa shape index (κ3) is 3.01. The molecule has 0 amide bonds. The third-order valence-corrected chi connectivity index (χ3v) is 2.84. The van der Waals surface area contributed by atoms with Crippen molar-refractivity contribution in [1.82, 2.24) is 5.32 Å². The van der Waals surface area contributed by atoms with Gasteiger partial charge in [0.15, 0.2) is 0 Å². The monoisotopic (exact) mass is 243 g/mol. The summed E-state index contributed by atoms with van der Waals surface area (Å²) in [4.78, 5) is 0. The summed E-state index contributed by atoms with van der Waals surface area (Å²) in [5.41, 5.74) is 0.485. The molecule has 0 radical (unpaired) electrons. The Hall–Kier alpha value is -1.00. The van der Waals surface area contributed by atoms with Crippen LogP contribution in [0.3, 0.4) is 0 Å². The van der Waals surface area contributed by atoms with Gasteiger partial charge in [-0.25, -0.2) is 8.78 Å². The first-order valence-corrected chi connectivity index (χ1v) is 5.76. The van der Waals surface area contributed by atoms with Crippen LogP contribution < -0.4 is 5.32 Å². The normalized spacial score (nSPS) is 14.7. The molecule has 1 aromatic carbocycles. The number of halogens is 2. The average Bonchev–Trinajstić information content (AvgIpc) is 2.30. The van der Waals surface area contributed by atoms with E-state index in [9.17, 15) is 8.78 Å². The van der Waals surface area contributed by atoms with E-state index in [0.717, 1.165) is 0 Å². The van der Waals surface area contributed by atoms with Crippen LogP contribution in [0.2, 0.25) is 0 Å². The van der Waals surface area contributed by atoms with Gasteiger partial charge in [0.05, 0.1) is 12.1 Å². The van der Waals surface area contributed by atoms with Crippen molar-refractivity contribution in [3.8, 4) is 0 Å². The first-order valence-electron chi connectivity index (χ1n) is 5.76. The second-order valence-corrected chi connectivity index (χ2v) is 4.02. The molecule has 0 aliphatic carbocycles. The third-order valence-electron chi connectivity index (χ3n) is 2.84. The molecule has 2 unspecified atom stereocenters. The summed E-state index contributed by atoms with van der Waals surface area (Å²) in [5.74, 6) is -1.05. The molecule has 17 heavy (non-hydrogen) atoms. The maximum absolute atomic E-state index is 14.0. The van der Waals surface area contributed by atoms with Gasteiger partial charge in [-0.15, -0.1) is 0 Å². The SMILES string of the molecule is CCOC(C)C(NC)c1c(F)ccc(C)c1F. The lowest BCUT2D eigenvalue weighted by molar-refractivity contribution is 0.0473. The van der Waals surface area contributed by atoms with E-state index in [1.165, 1.54) is 12.1 Å². The molecule has 0 bridgehead atoms. The molecule has 0 aromatic heterocycles. The summed E-state index contributed by atoms with van der Waals surface area (Å²) in [6.07, 6.45) is -0.296. The van der Waals surface area contributed by atoms with Crippen LogP contribution in [0.25, 0.3) is 0 Å². The minimum atomic E-state index is -0.543. The fraction of sp³-hybridized carbons (Fsp3) is 0.538. The van der Waals surface area contributed by atoms with Crippen LogP contribution in [0.4, 0.5) is 8.78 Å². The summed E-state index contributed by atoms with van der Waals surface area (Å²) < 4.78 is 33.1. The number of nitrogens with one attached hydrogen (secondary N) is 1. The van der Waals surface area contributed by atoms with Crippen molar-refractivity contribution in [3.63, 3.8) is 0 Å². The zero-order valence-corrected chi connectivity index (χ0v) is 10.7. The molecule has 0 heterocycles. The quantitative estimate of drug-likeness (QED) is 0.858. The summed E-state index contributed by atoms with van der Waals surface area (Å²) in [6, 6.07) is 2.23. The first kappa shape index (κ1) is 14.1. The number of benzene rings is 1. The van der Waals surface area contributed by atoms with E-state index in [1.807, 2.05) is 6.92 Å². The Morgan fingerprint density at radius 1 is 1.35 bits per heavy atom. The zero-order valence-electron chi connectivity index (χ0n) is 10.7. The van der Waals surface area contributed by atoms with Crippen molar-refractivity contribution in [2.24, 2.45) is 0 Å². The maximum Gasteiger partial charge on any atom is 0.133 e. The molecule has 4 heteroatoms. The van der Waals surface area contributed by atoms with Crippen molar-refractivity contribution < 1.29 is 13.5 Å². The van der Waals surface area contributed by atoms with Crippen molar-refractivity contribution in [1.29, 1.82) is 0 Å². The van der Waals surface area contributed by atoms with Crippen molar-refractivity contribution in [2.45, 2.75) is 32.9 Å². The van der Waals surface area contributed by atoms with Crippen LogP contribution in [0.15, 0.2) is 12.1 Å². The van der Waals surface area contributed by atoms with Gasteiger partial charge in [0.25, 0.3) is 0 Å². The van der Waals surface area contributed by atoms with E-state index < -0.39 is 17.7 Å². The predicted octanol–water partition coefficient (Wildman–Crippen LogP) is 2.96. The van der Waals surface area contributed by atoms with Crippen LogP contribution in [0.5, 0.6) is 0 Å². The number of likely N-dealkylation sites (N-methyl/N-ethyl adjacent to an activating group) is 1. The molecular weight excluding hydrogens is 224 g/mol. The molecule has 0 fully saturated rings. The molecule has 1 aromatic rings. The molecule has 0 spiro atoms. The topological polar surface area (TPSA) is 21.3 Å². The Kier molecular flexibility index (Phi) is 5.02. The van der Waals surface area contributed by atoms with Crippen LogP contribution in [0.1, 0.15) is 31.0 Å². The Morgan fingerprint density at radius 2 is 2.00 bits per heavy atom. The Morgan fingerprint density at radius 3 is 2.53 bits per heavy atom. The lowest BCUT2D eigenvalue weighted by Gasteiger charge is -2.25. The van der Waals surface area contributed by atoms with Gasteiger partial charge in [0.1, 0.15) is 11.6 Å². The molecule has 2 nitrogen and oxygen atoms in total. The highest BCUT2D eigenvalue weighted by Gasteiger charge is 2.25. The van der Waals surface area contributed by atoms with Gasteiger partial charge >= 0.3 is 0 Å². The molecule has 96 valence electrons. The maximum atomic E-state index is 14.0. The molecule has 0 saturated heterocycles. The Labute approximate surface area is 101 Å². The predicted molar refractivity (Wildman–Crippen MR) is 64.0 cm³/mol. The average molecular weight is 243 g/mol. The number of hydrogen-bond donors (Lipinski definition) is 1. The number of rotatable bonds is 5. The number of ether oxygens (including phenoxy) is 1. The Balaban J connectivity index is 3.15. The van der Waals surface area contributed by atoms with E-state index >= 15 is 0 Å². The van der Waals surface area contributed by atoms with Gasteiger partial charge in [-0.1, -0.05) is 6.07 Å². The fourth-order valence-corrected chi connectivity index (χ4v) is 1.94. The van der Waals surface area contributed by atoms with Crippen LogP contribution >= 0.6 is 0 Å². The van der Waals surface area contributed by atoms with E-state index in [4.69, 9.17) is 4.74 Å². The lowest BCUT2D eigenvalue weighted by atomic mass is 9.99. The standard InChI is InChI=1S/C13H19F2NO/c1-5-17-9(3)13(16-4)11-10(14)7-6-8(2)12(11)15/h6-7,9,13,16H,5H2,1-4H3. The smallest absolute Gasteiger partial charge is 0.133 e. The highest BCUT2D eigenvalue weighted by Crippen LogP contribution is 2.26. The van der Waals surface area contributed by atoms with E-state index in [1.54, 1.807) is 20.9 Å². The summed E-state index contributed by atoms with van der Waals surface area (Å²) in [7, 11) is 1.67. The number of hydrogen-bond acceptors (Lipinski definition) is 2. The van der Waals surface area contributed by atoms with Gasteiger partial charge in [-0.05, 0) is 39.4 Å². The minimum Gasteiger partial charge on any atom is -0.377 e. The molecule has 0 aliphatic heterocycles. The Bertz CT molecular complexity index is 382. The highest BCUT2D eigenvalue weighted by atomic mass is 19.1. The van der Waals surface area contributed by atoms with Gasteiger partial charge in [0, 0.05) is 12.2 Å². The van der Waals surface area contributed by atoms with Gasteiger partial charge in [-0.2, -0.15) is 0 Å². The second-order valence-electron chi connectivity index (χ2n) is 4.02. The molecule has 0 aliphatic rings. The van der Waals surface area contributed by atoms with Crippen LogP contribution in [-0.4, -0.2) is 19.8 Å².